The van der Waals surface area contributed by atoms with Crippen molar-refractivity contribution < 1.29 is 22.6 Å². The van der Waals surface area contributed by atoms with Crippen LogP contribution in [0.3, 0.4) is 0 Å². The van der Waals surface area contributed by atoms with Crippen molar-refractivity contribution in [3.05, 3.63) is 45.4 Å². The van der Waals surface area contributed by atoms with Gasteiger partial charge in [-0.3, -0.25) is 0 Å². The molecule has 10 heteroatoms. The van der Waals surface area contributed by atoms with E-state index in [1.807, 2.05) is 0 Å². The number of rotatable bonds is 6. The average Bonchev–Trinajstić information content (AvgIpc) is 3.20. The summed E-state index contributed by atoms with van der Waals surface area (Å²) in [5, 5.41) is 0.0141. The molecule has 1 fully saturated rings. The van der Waals surface area contributed by atoms with Gasteiger partial charge in [0.15, 0.2) is 11.5 Å². The topological polar surface area (TPSA) is 65.1 Å². The molecule has 6 nitrogen and oxygen atoms in total. The van der Waals surface area contributed by atoms with E-state index in [1.54, 1.807) is 19.1 Å². The summed E-state index contributed by atoms with van der Waals surface area (Å²) in [6, 6.07) is 6.40. The van der Waals surface area contributed by atoms with Crippen molar-refractivity contribution in [2.75, 3.05) is 33.6 Å². The molecule has 1 unspecified atom stereocenters. The van der Waals surface area contributed by atoms with Crippen LogP contribution in [-0.2, 0) is 10.0 Å². The Bertz CT molecular complexity index is 1030. The summed E-state index contributed by atoms with van der Waals surface area (Å²) < 4.78 is 44.6. The lowest BCUT2D eigenvalue weighted by molar-refractivity contribution is 0.344. The Labute approximate surface area is 185 Å². The number of benzene rings is 2. The van der Waals surface area contributed by atoms with Gasteiger partial charge in [-0.25, -0.2) is 8.42 Å². The highest BCUT2D eigenvalue weighted by Crippen LogP contribution is 2.48. The van der Waals surface area contributed by atoms with Gasteiger partial charge in [-0.2, -0.15) is 4.31 Å². The monoisotopic (exact) mass is 477 g/mol. The first-order valence-electron chi connectivity index (χ1n) is 8.63. The van der Waals surface area contributed by atoms with Crippen LogP contribution in [0.4, 0.5) is 0 Å². The number of hydrogen-bond acceptors (Lipinski definition) is 6. The summed E-state index contributed by atoms with van der Waals surface area (Å²) in [7, 11) is 0.718. The first kappa shape index (κ1) is 22.4. The third-order valence-corrected chi connectivity index (χ3v) is 8.76. The van der Waals surface area contributed by atoms with Crippen molar-refractivity contribution in [3.8, 4) is 17.2 Å². The van der Waals surface area contributed by atoms with Gasteiger partial charge in [0.2, 0.25) is 10.0 Å². The van der Waals surface area contributed by atoms with Gasteiger partial charge < -0.3 is 14.2 Å². The van der Waals surface area contributed by atoms with E-state index in [1.165, 1.54) is 49.5 Å². The van der Waals surface area contributed by atoms with Crippen molar-refractivity contribution in [1.29, 1.82) is 0 Å². The second-order valence-corrected chi connectivity index (χ2v) is 10.2. The second-order valence-electron chi connectivity index (χ2n) is 6.32. The first-order valence-corrected chi connectivity index (χ1v) is 11.9. The number of hydrogen-bond donors (Lipinski definition) is 0. The maximum absolute atomic E-state index is 13.5. The van der Waals surface area contributed by atoms with Gasteiger partial charge >= 0.3 is 0 Å². The average molecular weight is 478 g/mol. The summed E-state index contributed by atoms with van der Waals surface area (Å²) in [5.74, 6) is 2.14. The third kappa shape index (κ3) is 4.14. The zero-order valence-electron chi connectivity index (χ0n) is 16.4. The fourth-order valence-corrected chi connectivity index (χ4v) is 7.20. The molecule has 1 saturated heterocycles. The Balaban J connectivity index is 2.10. The minimum absolute atomic E-state index is 0.0352. The number of methoxy groups -OCH3 is 3. The molecular formula is C19H21Cl2NO5S2. The molecule has 1 heterocycles. The summed E-state index contributed by atoms with van der Waals surface area (Å²) in [6.45, 7) is 2.08. The van der Waals surface area contributed by atoms with Gasteiger partial charge in [0, 0.05) is 29.0 Å². The summed E-state index contributed by atoms with van der Waals surface area (Å²) in [6.07, 6.45) is 0. The SMILES string of the molecule is COc1cc(OC)c(C2SCCN2S(=O)(=O)c2cc(C)c(Cl)cc2Cl)cc1OC. The number of aryl methyl sites for hydroxylation is 1. The maximum atomic E-state index is 13.5. The molecule has 0 bridgehead atoms. The van der Waals surface area contributed by atoms with Gasteiger partial charge in [0.25, 0.3) is 0 Å². The van der Waals surface area contributed by atoms with Gasteiger partial charge in [-0.05, 0) is 30.7 Å². The molecule has 0 saturated carbocycles. The molecule has 0 spiro atoms. The summed E-state index contributed by atoms with van der Waals surface area (Å²) in [4.78, 5) is 0.0352. The molecule has 0 N–H and O–H groups in total. The van der Waals surface area contributed by atoms with Crippen molar-refractivity contribution in [1.82, 2.24) is 4.31 Å². The molecule has 0 aromatic heterocycles. The minimum Gasteiger partial charge on any atom is -0.496 e. The van der Waals surface area contributed by atoms with Crippen molar-refractivity contribution in [2.45, 2.75) is 17.2 Å². The van der Waals surface area contributed by atoms with Crippen LogP contribution >= 0.6 is 35.0 Å². The van der Waals surface area contributed by atoms with Gasteiger partial charge in [0.1, 0.15) is 10.6 Å². The van der Waals surface area contributed by atoms with Crippen LogP contribution in [0.2, 0.25) is 10.0 Å². The van der Waals surface area contributed by atoms with E-state index in [4.69, 9.17) is 37.4 Å². The Morgan fingerprint density at radius 2 is 1.59 bits per heavy atom. The Kier molecular flexibility index (Phi) is 6.80. The fraction of sp³-hybridized carbons (Fsp3) is 0.368. The van der Waals surface area contributed by atoms with Crippen LogP contribution in [0, 0.1) is 6.92 Å². The van der Waals surface area contributed by atoms with Crippen molar-refractivity contribution >= 4 is 45.0 Å². The predicted molar refractivity (Wildman–Crippen MR) is 116 cm³/mol. The van der Waals surface area contributed by atoms with Crippen LogP contribution in [0.25, 0.3) is 0 Å². The van der Waals surface area contributed by atoms with E-state index >= 15 is 0 Å². The standard InChI is InChI=1S/C19H21Cl2NO5S2/c1-11-7-18(14(21)9-13(11)20)29(23,24)22-5-6-28-19(22)12-8-16(26-3)17(27-4)10-15(12)25-2/h7-10,19H,5-6H2,1-4H3. The first-order chi connectivity index (χ1) is 13.7. The highest BCUT2D eigenvalue weighted by Gasteiger charge is 2.39. The highest BCUT2D eigenvalue weighted by atomic mass is 35.5. The van der Waals surface area contributed by atoms with Crippen LogP contribution in [0.1, 0.15) is 16.5 Å². The van der Waals surface area contributed by atoms with E-state index < -0.39 is 15.4 Å². The van der Waals surface area contributed by atoms with Crippen LogP contribution in [0.15, 0.2) is 29.2 Å². The van der Waals surface area contributed by atoms with Gasteiger partial charge in [-0.1, -0.05) is 23.2 Å². The largest absolute Gasteiger partial charge is 0.496 e. The number of sulfonamides is 1. The smallest absolute Gasteiger partial charge is 0.245 e. The lowest BCUT2D eigenvalue weighted by Crippen LogP contribution is -2.31. The molecule has 29 heavy (non-hydrogen) atoms. The third-order valence-electron chi connectivity index (χ3n) is 4.65. The molecule has 158 valence electrons. The van der Waals surface area contributed by atoms with E-state index in [0.717, 1.165) is 0 Å². The molecule has 1 atom stereocenters. The van der Waals surface area contributed by atoms with Crippen LogP contribution in [-0.4, -0.2) is 46.4 Å². The lowest BCUT2D eigenvalue weighted by atomic mass is 10.1. The molecule has 2 aromatic rings. The molecule has 0 amide bonds. The molecular weight excluding hydrogens is 457 g/mol. The van der Waals surface area contributed by atoms with Gasteiger partial charge in [-0.15, -0.1) is 11.8 Å². The van der Waals surface area contributed by atoms with E-state index in [-0.39, 0.29) is 9.92 Å². The molecule has 1 aliphatic rings. The number of thioether (sulfide) groups is 1. The Morgan fingerprint density at radius 3 is 2.21 bits per heavy atom. The maximum Gasteiger partial charge on any atom is 0.245 e. The molecule has 2 aromatic carbocycles. The van der Waals surface area contributed by atoms with Crippen LogP contribution in [0.5, 0.6) is 17.2 Å². The highest BCUT2D eigenvalue weighted by molar-refractivity contribution is 8.01. The van der Waals surface area contributed by atoms with Gasteiger partial charge in [0.05, 0.1) is 31.7 Å². The van der Waals surface area contributed by atoms with Crippen molar-refractivity contribution in [3.63, 3.8) is 0 Å². The zero-order valence-corrected chi connectivity index (χ0v) is 19.5. The molecule has 0 radical (unpaired) electrons. The summed E-state index contributed by atoms with van der Waals surface area (Å²) >= 11 is 13.8. The van der Waals surface area contributed by atoms with E-state index in [2.05, 4.69) is 0 Å². The minimum atomic E-state index is -3.87. The number of halogens is 2. The zero-order chi connectivity index (χ0) is 21.3. The number of ether oxygens (including phenoxy) is 3. The van der Waals surface area contributed by atoms with E-state index in [0.29, 0.717) is 45.7 Å². The second kappa shape index (κ2) is 8.81. The quantitative estimate of drug-likeness (QED) is 0.597. The molecule has 0 aliphatic carbocycles. The number of nitrogens with zero attached hydrogens (tertiary/aromatic N) is 1. The van der Waals surface area contributed by atoms with Crippen molar-refractivity contribution in [2.24, 2.45) is 0 Å². The fourth-order valence-electron chi connectivity index (χ4n) is 3.15. The van der Waals surface area contributed by atoms with Crippen LogP contribution < -0.4 is 14.2 Å². The molecule has 3 rings (SSSR count). The Morgan fingerprint density at radius 1 is 0.966 bits per heavy atom. The lowest BCUT2D eigenvalue weighted by Gasteiger charge is -2.26. The normalized spacial score (nSPS) is 17.4. The Hall–Kier alpha value is -1.32. The summed E-state index contributed by atoms with van der Waals surface area (Å²) in [5.41, 5.74) is 1.32. The van der Waals surface area contributed by atoms with E-state index in [9.17, 15) is 8.42 Å². The molecule has 1 aliphatic heterocycles. The predicted octanol–water partition coefficient (Wildman–Crippen LogP) is 4.76.